The van der Waals surface area contributed by atoms with Crippen molar-refractivity contribution in [2.24, 2.45) is 17.1 Å². The molecule has 0 aromatic carbocycles. The third-order valence-electron chi connectivity index (χ3n) is 3.86. The summed E-state index contributed by atoms with van der Waals surface area (Å²) < 4.78 is 0. The van der Waals surface area contributed by atoms with E-state index >= 15 is 0 Å². The van der Waals surface area contributed by atoms with E-state index in [1.165, 1.54) is 4.90 Å². The van der Waals surface area contributed by atoms with E-state index in [0.29, 0.717) is 0 Å². The van der Waals surface area contributed by atoms with E-state index < -0.39 is 5.91 Å². The molecule has 2 fully saturated rings. The van der Waals surface area contributed by atoms with Gasteiger partial charge in [0.2, 0.25) is 11.8 Å². The smallest absolute Gasteiger partial charge is 0.237 e. The molecule has 5 heteroatoms. The molecule has 1 atom stereocenters. The summed E-state index contributed by atoms with van der Waals surface area (Å²) in [5.74, 6) is -0.240. The minimum absolute atomic E-state index is 0.0314. The zero-order valence-electron chi connectivity index (χ0n) is 9.66. The summed E-state index contributed by atoms with van der Waals surface area (Å²) in [6, 6.07) is 0. The van der Waals surface area contributed by atoms with Crippen molar-refractivity contribution in [1.29, 1.82) is 0 Å². The van der Waals surface area contributed by atoms with Gasteiger partial charge in [-0.25, -0.2) is 0 Å². The molecule has 0 aromatic rings. The van der Waals surface area contributed by atoms with E-state index in [2.05, 4.69) is 5.32 Å². The van der Waals surface area contributed by atoms with Crippen molar-refractivity contribution in [3.63, 3.8) is 0 Å². The molecule has 5 nitrogen and oxygen atoms in total. The number of carbonyl (C=O) groups excluding carboxylic acids is 2. The largest absolute Gasteiger partial charge is 0.368 e. The van der Waals surface area contributed by atoms with Gasteiger partial charge in [0, 0.05) is 13.0 Å². The Bertz CT molecular complexity index is 310. The Morgan fingerprint density at radius 2 is 2.06 bits per heavy atom. The van der Waals surface area contributed by atoms with Gasteiger partial charge < -0.3 is 16.0 Å². The zero-order valence-corrected chi connectivity index (χ0v) is 9.66. The number of piperidine rings is 1. The van der Waals surface area contributed by atoms with Crippen LogP contribution in [0.25, 0.3) is 0 Å². The maximum absolute atomic E-state index is 12.0. The van der Waals surface area contributed by atoms with E-state index in [0.717, 1.165) is 32.4 Å². The first kappa shape index (κ1) is 11.4. The molecular weight excluding hydrogens is 206 g/mol. The van der Waals surface area contributed by atoms with Crippen LogP contribution in [0.3, 0.4) is 0 Å². The number of hydrogen-bond donors (Lipinski definition) is 2. The summed E-state index contributed by atoms with van der Waals surface area (Å²) in [5, 5.41) is 3.30. The number of nitrogens with one attached hydrogen (secondary N) is 1. The fourth-order valence-corrected chi connectivity index (χ4v) is 2.75. The third kappa shape index (κ3) is 2.04. The summed E-state index contributed by atoms with van der Waals surface area (Å²) in [6.45, 7) is 2.04. The third-order valence-corrected chi connectivity index (χ3v) is 3.86. The van der Waals surface area contributed by atoms with Gasteiger partial charge in [0.05, 0.1) is 6.54 Å². The van der Waals surface area contributed by atoms with Crippen LogP contribution in [0.4, 0.5) is 0 Å². The molecule has 0 bridgehead atoms. The Kier molecular flexibility index (Phi) is 2.88. The number of amides is 2. The molecule has 1 saturated heterocycles. The van der Waals surface area contributed by atoms with Gasteiger partial charge in [0.1, 0.15) is 0 Å². The van der Waals surface area contributed by atoms with E-state index in [1.807, 2.05) is 0 Å². The SMILES string of the molecule is CN(CC(N)=O)C(=O)C1CC12CCNCC2. The molecular formula is C11H19N3O2. The van der Waals surface area contributed by atoms with Crippen LogP contribution in [-0.4, -0.2) is 43.4 Å². The Morgan fingerprint density at radius 3 is 2.62 bits per heavy atom. The van der Waals surface area contributed by atoms with Crippen molar-refractivity contribution in [3.8, 4) is 0 Å². The van der Waals surface area contributed by atoms with Crippen LogP contribution in [0.15, 0.2) is 0 Å². The number of carbonyl (C=O) groups is 2. The predicted molar refractivity (Wildman–Crippen MR) is 59.5 cm³/mol. The first-order chi connectivity index (χ1) is 7.55. The number of nitrogens with zero attached hydrogens (tertiary/aromatic N) is 1. The second kappa shape index (κ2) is 4.05. The highest BCUT2D eigenvalue weighted by molar-refractivity contribution is 5.87. The molecule has 0 radical (unpaired) electrons. The van der Waals surface area contributed by atoms with E-state index in [4.69, 9.17) is 5.73 Å². The summed E-state index contributed by atoms with van der Waals surface area (Å²) in [5.41, 5.74) is 5.31. The number of hydrogen-bond acceptors (Lipinski definition) is 3. The van der Waals surface area contributed by atoms with Crippen molar-refractivity contribution >= 4 is 11.8 Å². The Morgan fingerprint density at radius 1 is 1.44 bits per heavy atom. The van der Waals surface area contributed by atoms with Gasteiger partial charge >= 0.3 is 0 Å². The van der Waals surface area contributed by atoms with Gasteiger partial charge in [0.15, 0.2) is 0 Å². The molecule has 90 valence electrons. The summed E-state index contributed by atoms with van der Waals surface area (Å²) in [7, 11) is 1.65. The van der Waals surface area contributed by atoms with Crippen molar-refractivity contribution in [2.45, 2.75) is 19.3 Å². The highest BCUT2D eigenvalue weighted by atomic mass is 16.2. The molecule has 2 rings (SSSR count). The lowest BCUT2D eigenvalue weighted by Gasteiger charge is -2.24. The van der Waals surface area contributed by atoms with Gasteiger partial charge in [-0.3, -0.25) is 9.59 Å². The van der Waals surface area contributed by atoms with Crippen LogP contribution < -0.4 is 11.1 Å². The molecule has 1 spiro atoms. The van der Waals surface area contributed by atoms with Crippen LogP contribution in [-0.2, 0) is 9.59 Å². The first-order valence-electron chi connectivity index (χ1n) is 5.79. The fraction of sp³-hybridized carbons (Fsp3) is 0.818. The van der Waals surface area contributed by atoms with Crippen LogP contribution in [0.5, 0.6) is 0 Å². The maximum Gasteiger partial charge on any atom is 0.237 e. The molecule has 3 N–H and O–H groups in total. The molecule has 1 heterocycles. The lowest BCUT2D eigenvalue weighted by Crippen LogP contribution is -2.38. The Hall–Kier alpha value is -1.10. The molecule has 1 unspecified atom stereocenters. The van der Waals surface area contributed by atoms with Gasteiger partial charge in [0.25, 0.3) is 0 Å². The van der Waals surface area contributed by atoms with Crippen molar-refractivity contribution in [3.05, 3.63) is 0 Å². The summed E-state index contributed by atoms with van der Waals surface area (Å²) >= 11 is 0. The molecule has 0 aromatic heterocycles. The predicted octanol–water partition coefficient (Wildman–Crippen LogP) is -0.680. The standard InChI is InChI=1S/C11H19N3O2/c1-14(7-9(12)15)10(16)8-6-11(8)2-4-13-5-3-11/h8,13H,2-7H2,1H3,(H2,12,15). The van der Waals surface area contributed by atoms with Crippen LogP contribution in [0.1, 0.15) is 19.3 Å². The lowest BCUT2D eigenvalue weighted by molar-refractivity contribution is -0.135. The Balaban J connectivity index is 1.90. The van der Waals surface area contributed by atoms with E-state index in [-0.39, 0.29) is 23.8 Å². The quantitative estimate of drug-likeness (QED) is 0.668. The monoisotopic (exact) mass is 225 g/mol. The molecule has 1 aliphatic heterocycles. The van der Waals surface area contributed by atoms with Gasteiger partial charge in [-0.1, -0.05) is 0 Å². The fourth-order valence-electron chi connectivity index (χ4n) is 2.75. The van der Waals surface area contributed by atoms with Crippen molar-refractivity contribution in [2.75, 3.05) is 26.7 Å². The van der Waals surface area contributed by atoms with Crippen molar-refractivity contribution in [1.82, 2.24) is 10.2 Å². The highest BCUT2D eigenvalue weighted by Crippen LogP contribution is 2.59. The number of likely N-dealkylation sites (N-methyl/N-ethyl adjacent to an activating group) is 1. The van der Waals surface area contributed by atoms with E-state index in [1.54, 1.807) is 7.05 Å². The van der Waals surface area contributed by atoms with Crippen molar-refractivity contribution < 1.29 is 9.59 Å². The molecule has 16 heavy (non-hydrogen) atoms. The van der Waals surface area contributed by atoms with Crippen LogP contribution in [0.2, 0.25) is 0 Å². The second-order valence-corrected chi connectivity index (χ2v) is 5.03. The highest BCUT2D eigenvalue weighted by Gasteiger charge is 2.58. The summed E-state index contributed by atoms with van der Waals surface area (Å²) in [6.07, 6.45) is 3.14. The number of rotatable bonds is 3. The van der Waals surface area contributed by atoms with Crippen LogP contribution >= 0.6 is 0 Å². The molecule has 1 saturated carbocycles. The topological polar surface area (TPSA) is 75.4 Å². The van der Waals surface area contributed by atoms with Gasteiger partial charge in [-0.15, -0.1) is 0 Å². The zero-order chi connectivity index (χ0) is 11.8. The molecule has 2 amide bonds. The van der Waals surface area contributed by atoms with Crippen LogP contribution in [0, 0.1) is 11.3 Å². The average Bonchev–Trinajstić information content (AvgIpc) is 2.91. The number of primary amides is 1. The first-order valence-corrected chi connectivity index (χ1v) is 5.79. The maximum atomic E-state index is 12.0. The second-order valence-electron chi connectivity index (χ2n) is 5.03. The summed E-state index contributed by atoms with van der Waals surface area (Å²) in [4.78, 5) is 24.2. The lowest BCUT2D eigenvalue weighted by atomic mass is 9.91. The molecule has 2 aliphatic rings. The average molecular weight is 225 g/mol. The normalized spacial score (nSPS) is 26.4. The molecule has 1 aliphatic carbocycles. The van der Waals surface area contributed by atoms with Gasteiger partial charge in [-0.2, -0.15) is 0 Å². The van der Waals surface area contributed by atoms with E-state index in [9.17, 15) is 9.59 Å². The minimum Gasteiger partial charge on any atom is -0.368 e. The minimum atomic E-state index is -0.448. The Labute approximate surface area is 95.3 Å². The van der Waals surface area contributed by atoms with Gasteiger partial charge in [-0.05, 0) is 37.8 Å². The number of nitrogens with two attached hydrogens (primary N) is 1.